The molecule has 6 heteroatoms. The van der Waals surface area contributed by atoms with Crippen molar-refractivity contribution in [2.24, 2.45) is 0 Å². The predicted octanol–water partition coefficient (Wildman–Crippen LogP) is 3.72. The zero-order valence-electron chi connectivity index (χ0n) is 13.6. The number of pyridine rings is 1. The summed E-state index contributed by atoms with van der Waals surface area (Å²) in [5, 5.41) is 5.44. The van der Waals surface area contributed by atoms with Gasteiger partial charge in [0.2, 0.25) is 5.88 Å². The number of amides is 2. The van der Waals surface area contributed by atoms with E-state index in [-0.39, 0.29) is 6.03 Å². The molecule has 6 nitrogen and oxygen atoms in total. The summed E-state index contributed by atoms with van der Waals surface area (Å²) in [6.45, 7) is 4.61. The maximum Gasteiger partial charge on any atom is 0.319 e. The number of hydrogen-bond acceptors (Lipinski definition) is 4. The Labute approximate surface area is 135 Å². The summed E-state index contributed by atoms with van der Waals surface area (Å²) in [5.41, 5.74) is 1.68. The van der Waals surface area contributed by atoms with Crippen LogP contribution < -0.4 is 20.1 Å². The minimum atomic E-state index is -0.248. The highest BCUT2D eigenvalue weighted by Gasteiger charge is 2.07. The number of aryl methyl sites for hydroxylation is 1. The Hall–Kier alpha value is -2.76. The van der Waals surface area contributed by atoms with Crippen molar-refractivity contribution < 1.29 is 14.3 Å². The third-order valence-electron chi connectivity index (χ3n) is 3.06. The molecule has 0 aliphatic carbocycles. The van der Waals surface area contributed by atoms with Crippen LogP contribution in [0.3, 0.4) is 0 Å². The van der Waals surface area contributed by atoms with Gasteiger partial charge < -0.3 is 20.1 Å². The van der Waals surface area contributed by atoms with E-state index in [2.05, 4.69) is 15.6 Å². The molecule has 2 aromatic rings. The first-order valence-corrected chi connectivity index (χ1v) is 7.45. The Bertz CT molecular complexity index is 657. The Kier molecular flexibility index (Phi) is 5.80. The number of nitrogens with zero attached hydrogens (tertiary/aromatic N) is 1. The summed E-state index contributed by atoms with van der Waals surface area (Å²) in [4.78, 5) is 15.7. The van der Waals surface area contributed by atoms with E-state index >= 15 is 0 Å². The number of rotatable bonds is 6. The van der Waals surface area contributed by atoms with E-state index in [4.69, 9.17) is 9.47 Å². The zero-order chi connectivity index (χ0) is 16.7. The predicted molar refractivity (Wildman–Crippen MR) is 89.4 cm³/mol. The number of carbonyl (C=O) groups is 1. The van der Waals surface area contributed by atoms with Gasteiger partial charge in [0.05, 0.1) is 19.0 Å². The molecule has 0 fully saturated rings. The van der Waals surface area contributed by atoms with Gasteiger partial charge in [-0.15, -0.1) is 0 Å². The molecule has 0 aliphatic heterocycles. The number of ether oxygens (including phenoxy) is 2. The molecule has 0 saturated carbocycles. The standard InChI is InChI=1S/C17H21N3O3/c1-4-9-18-17(21)20-13-6-8-16(19-11-13)23-14-7-5-12(2)10-15(14)22-3/h5-8,10-11H,4,9H2,1-3H3,(H2,18,20,21). The first-order chi connectivity index (χ1) is 11.1. The molecule has 0 unspecified atom stereocenters. The van der Waals surface area contributed by atoms with Crippen LogP contribution in [0.1, 0.15) is 18.9 Å². The average Bonchev–Trinajstić information content (AvgIpc) is 2.56. The van der Waals surface area contributed by atoms with Crippen molar-refractivity contribution in [2.75, 3.05) is 19.0 Å². The number of benzene rings is 1. The van der Waals surface area contributed by atoms with Crippen molar-refractivity contribution >= 4 is 11.7 Å². The molecule has 1 aromatic heterocycles. The Morgan fingerprint density at radius 3 is 2.70 bits per heavy atom. The second-order valence-electron chi connectivity index (χ2n) is 5.02. The minimum Gasteiger partial charge on any atom is -0.493 e. The van der Waals surface area contributed by atoms with E-state index in [1.54, 1.807) is 25.4 Å². The lowest BCUT2D eigenvalue weighted by molar-refractivity contribution is 0.252. The van der Waals surface area contributed by atoms with Gasteiger partial charge in [0.25, 0.3) is 0 Å². The molecule has 0 atom stereocenters. The first kappa shape index (κ1) is 16.6. The topological polar surface area (TPSA) is 72.5 Å². The van der Waals surface area contributed by atoms with Crippen molar-refractivity contribution in [3.8, 4) is 17.4 Å². The third kappa shape index (κ3) is 4.88. The number of nitrogens with one attached hydrogen (secondary N) is 2. The van der Waals surface area contributed by atoms with Gasteiger partial charge in [-0.25, -0.2) is 9.78 Å². The monoisotopic (exact) mass is 315 g/mol. The van der Waals surface area contributed by atoms with Gasteiger partial charge in [0, 0.05) is 12.6 Å². The van der Waals surface area contributed by atoms with Crippen LogP contribution in [0.15, 0.2) is 36.5 Å². The van der Waals surface area contributed by atoms with Crippen LogP contribution in [0.25, 0.3) is 0 Å². The van der Waals surface area contributed by atoms with Crippen molar-refractivity contribution in [3.05, 3.63) is 42.1 Å². The lowest BCUT2D eigenvalue weighted by atomic mass is 10.2. The molecule has 0 radical (unpaired) electrons. The molecule has 2 rings (SSSR count). The molecule has 1 aromatic carbocycles. The van der Waals surface area contributed by atoms with Crippen LogP contribution in [0, 0.1) is 6.92 Å². The molecule has 0 spiro atoms. The van der Waals surface area contributed by atoms with Gasteiger partial charge in [-0.1, -0.05) is 13.0 Å². The van der Waals surface area contributed by atoms with E-state index in [1.807, 2.05) is 32.0 Å². The first-order valence-electron chi connectivity index (χ1n) is 7.45. The molecule has 122 valence electrons. The molecular formula is C17H21N3O3. The number of aromatic nitrogens is 1. The van der Waals surface area contributed by atoms with E-state index in [9.17, 15) is 4.79 Å². The van der Waals surface area contributed by atoms with E-state index in [0.29, 0.717) is 29.6 Å². The number of hydrogen-bond donors (Lipinski definition) is 2. The fourth-order valence-electron chi connectivity index (χ4n) is 1.90. The molecule has 2 amide bonds. The smallest absolute Gasteiger partial charge is 0.319 e. The van der Waals surface area contributed by atoms with E-state index in [0.717, 1.165) is 12.0 Å². The number of anilines is 1. The summed E-state index contributed by atoms with van der Waals surface area (Å²) >= 11 is 0. The SMILES string of the molecule is CCCNC(=O)Nc1ccc(Oc2ccc(C)cc2OC)nc1. The van der Waals surface area contributed by atoms with Crippen LogP contribution in [-0.4, -0.2) is 24.7 Å². The lowest BCUT2D eigenvalue weighted by Crippen LogP contribution is -2.29. The average molecular weight is 315 g/mol. The Morgan fingerprint density at radius 2 is 2.04 bits per heavy atom. The molecular weight excluding hydrogens is 294 g/mol. The maximum atomic E-state index is 11.6. The quantitative estimate of drug-likeness (QED) is 0.852. The third-order valence-corrected chi connectivity index (χ3v) is 3.06. The summed E-state index contributed by atoms with van der Waals surface area (Å²) in [6, 6.07) is 8.83. The lowest BCUT2D eigenvalue weighted by Gasteiger charge is -2.11. The molecule has 2 N–H and O–H groups in total. The second kappa shape index (κ2) is 8.03. The second-order valence-corrected chi connectivity index (χ2v) is 5.02. The van der Waals surface area contributed by atoms with Crippen molar-refractivity contribution in [1.82, 2.24) is 10.3 Å². The Balaban J connectivity index is 2.01. The van der Waals surface area contributed by atoms with E-state index < -0.39 is 0 Å². The highest BCUT2D eigenvalue weighted by atomic mass is 16.5. The van der Waals surface area contributed by atoms with Gasteiger partial charge in [-0.3, -0.25) is 0 Å². The van der Waals surface area contributed by atoms with Crippen molar-refractivity contribution in [3.63, 3.8) is 0 Å². The van der Waals surface area contributed by atoms with E-state index in [1.165, 1.54) is 0 Å². The number of methoxy groups -OCH3 is 1. The van der Waals surface area contributed by atoms with Crippen molar-refractivity contribution in [2.45, 2.75) is 20.3 Å². The van der Waals surface area contributed by atoms with Crippen LogP contribution in [0.5, 0.6) is 17.4 Å². The summed E-state index contributed by atoms with van der Waals surface area (Å²) < 4.78 is 11.0. The van der Waals surface area contributed by atoms with Crippen LogP contribution in [-0.2, 0) is 0 Å². The zero-order valence-corrected chi connectivity index (χ0v) is 13.6. The molecule has 0 bridgehead atoms. The van der Waals surface area contributed by atoms with Crippen LogP contribution in [0.2, 0.25) is 0 Å². The molecule has 1 heterocycles. The fraction of sp³-hybridized carbons (Fsp3) is 0.294. The molecule has 0 aliphatic rings. The highest BCUT2D eigenvalue weighted by molar-refractivity contribution is 5.88. The number of urea groups is 1. The van der Waals surface area contributed by atoms with Crippen LogP contribution >= 0.6 is 0 Å². The van der Waals surface area contributed by atoms with Gasteiger partial charge >= 0.3 is 6.03 Å². The normalized spacial score (nSPS) is 10.0. The maximum absolute atomic E-state index is 11.6. The number of carbonyl (C=O) groups excluding carboxylic acids is 1. The highest BCUT2D eigenvalue weighted by Crippen LogP contribution is 2.31. The molecule has 23 heavy (non-hydrogen) atoms. The van der Waals surface area contributed by atoms with Crippen LogP contribution in [0.4, 0.5) is 10.5 Å². The van der Waals surface area contributed by atoms with Gasteiger partial charge in [-0.05, 0) is 37.1 Å². The minimum absolute atomic E-state index is 0.248. The largest absolute Gasteiger partial charge is 0.493 e. The molecule has 0 saturated heterocycles. The summed E-state index contributed by atoms with van der Waals surface area (Å²) in [5.74, 6) is 1.66. The van der Waals surface area contributed by atoms with Gasteiger partial charge in [0.15, 0.2) is 11.5 Å². The summed E-state index contributed by atoms with van der Waals surface area (Å²) in [7, 11) is 1.59. The van der Waals surface area contributed by atoms with Crippen molar-refractivity contribution in [1.29, 1.82) is 0 Å². The summed E-state index contributed by atoms with van der Waals surface area (Å²) in [6.07, 6.45) is 2.43. The van der Waals surface area contributed by atoms with Gasteiger partial charge in [-0.2, -0.15) is 0 Å². The fourth-order valence-corrected chi connectivity index (χ4v) is 1.90. The Morgan fingerprint density at radius 1 is 1.22 bits per heavy atom. The van der Waals surface area contributed by atoms with Gasteiger partial charge in [0.1, 0.15) is 0 Å².